The van der Waals surface area contributed by atoms with Crippen molar-refractivity contribution < 1.29 is 9.18 Å². The van der Waals surface area contributed by atoms with Gasteiger partial charge in [0, 0.05) is 6.42 Å². The molecule has 1 N–H and O–H groups in total. The standard InChI is InChI=1S/C12H15FN2O/c1-9(2)7-12(16)15-14-8-10-3-5-11(13)6-4-10/h3-6,8-9H,7H2,1-2H3,(H,15,16). The molecule has 0 aliphatic heterocycles. The third-order valence-corrected chi connectivity index (χ3v) is 1.87. The second kappa shape index (κ2) is 6.00. The van der Waals surface area contributed by atoms with Gasteiger partial charge in [-0.2, -0.15) is 5.10 Å². The van der Waals surface area contributed by atoms with Crippen LogP contribution < -0.4 is 5.43 Å². The van der Waals surface area contributed by atoms with E-state index in [1.807, 2.05) is 13.8 Å². The van der Waals surface area contributed by atoms with Crippen molar-refractivity contribution in [3.63, 3.8) is 0 Å². The van der Waals surface area contributed by atoms with Crippen LogP contribution in [0.2, 0.25) is 0 Å². The van der Waals surface area contributed by atoms with E-state index in [2.05, 4.69) is 10.5 Å². The summed E-state index contributed by atoms with van der Waals surface area (Å²) < 4.78 is 12.6. The Balaban J connectivity index is 2.43. The highest BCUT2D eigenvalue weighted by Gasteiger charge is 2.01. The van der Waals surface area contributed by atoms with Gasteiger partial charge in [-0.15, -0.1) is 0 Å². The molecule has 16 heavy (non-hydrogen) atoms. The van der Waals surface area contributed by atoms with Gasteiger partial charge in [-0.1, -0.05) is 26.0 Å². The summed E-state index contributed by atoms with van der Waals surface area (Å²) in [6.07, 6.45) is 1.93. The average molecular weight is 222 g/mol. The molecule has 0 saturated carbocycles. The van der Waals surface area contributed by atoms with E-state index in [0.717, 1.165) is 5.56 Å². The summed E-state index contributed by atoms with van der Waals surface area (Å²) in [5.41, 5.74) is 3.16. The predicted octanol–water partition coefficient (Wildman–Crippen LogP) is 2.32. The third-order valence-electron chi connectivity index (χ3n) is 1.87. The fourth-order valence-electron chi connectivity index (χ4n) is 1.14. The molecular formula is C12H15FN2O. The van der Waals surface area contributed by atoms with Gasteiger partial charge in [-0.3, -0.25) is 4.79 Å². The molecule has 0 bridgehead atoms. The fraction of sp³-hybridized carbons (Fsp3) is 0.333. The molecule has 0 aromatic heterocycles. The number of halogens is 1. The molecule has 3 nitrogen and oxygen atoms in total. The van der Waals surface area contributed by atoms with Gasteiger partial charge >= 0.3 is 0 Å². The second-order valence-corrected chi connectivity index (χ2v) is 3.94. The minimum Gasteiger partial charge on any atom is -0.273 e. The lowest BCUT2D eigenvalue weighted by Gasteiger charge is -2.01. The van der Waals surface area contributed by atoms with E-state index in [1.165, 1.54) is 18.3 Å². The molecular weight excluding hydrogens is 207 g/mol. The van der Waals surface area contributed by atoms with E-state index >= 15 is 0 Å². The van der Waals surface area contributed by atoms with E-state index in [9.17, 15) is 9.18 Å². The van der Waals surface area contributed by atoms with Crippen LogP contribution in [0.1, 0.15) is 25.8 Å². The van der Waals surface area contributed by atoms with Gasteiger partial charge in [-0.25, -0.2) is 9.82 Å². The first-order valence-electron chi connectivity index (χ1n) is 5.15. The molecule has 0 atom stereocenters. The summed E-state index contributed by atoms with van der Waals surface area (Å²) >= 11 is 0. The summed E-state index contributed by atoms with van der Waals surface area (Å²) in [5.74, 6) is -0.102. The summed E-state index contributed by atoms with van der Waals surface area (Å²) in [5, 5.41) is 3.78. The molecule has 0 radical (unpaired) electrons. The third kappa shape index (κ3) is 4.68. The highest BCUT2D eigenvalue weighted by molar-refractivity contribution is 5.82. The largest absolute Gasteiger partial charge is 0.273 e. The van der Waals surface area contributed by atoms with Crippen LogP contribution in [0, 0.1) is 11.7 Å². The molecule has 1 aromatic rings. The number of benzene rings is 1. The Labute approximate surface area is 94.4 Å². The van der Waals surface area contributed by atoms with Crippen molar-refractivity contribution in [2.24, 2.45) is 11.0 Å². The Morgan fingerprint density at radius 2 is 2.06 bits per heavy atom. The van der Waals surface area contributed by atoms with Crippen molar-refractivity contribution in [2.75, 3.05) is 0 Å². The van der Waals surface area contributed by atoms with Crippen LogP contribution in [0.25, 0.3) is 0 Å². The van der Waals surface area contributed by atoms with E-state index < -0.39 is 0 Å². The van der Waals surface area contributed by atoms with Gasteiger partial charge in [0.1, 0.15) is 5.82 Å². The summed E-state index contributed by atoms with van der Waals surface area (Å²) in [7, 11) is 0. The molecule has 1 aromatic carbocycles. The smallest absolute Gasteiger partial charge is 0.240 e. The Kier molecular flexibility index (Phi) is 4.64. The summed E-state index contributed by atoms with van der Waals surface area (Å²) in [6, 6.07) is 5.87. The first-order chi connectivity index (χ1) is 7.58. The number of hydrogen-bond donors (Lipinski definition) is 1. The number of carbonyl (C=O) groups is 1. The number of amides is 1. The van der Waals surface area contributed by atoms with Crippen molar-refractivity contribution in [3.05, 3.63) is 35.6 Å². The van der Waals surface area contributed by atoms with Crippen molar-refractivity contribution in [3.8, 4) is 0 Å². The van der Waals surface area contributed by atoms with Gasteiger partial charge in [0.05, 0.1) is 6.21 Å². The van der Waals surface area contributed by atoms with Gasteiger partial charge < -0.3 is 0 Å². The minimum atomic E-state index is -0.291. The highest BCUT2D eigenvalue weighted by atomic mass is 19.1. The van der Waals surface area contributed by atoms with Gasteiger partial charge in [0.25, 0.3) is 0 Å². The van der Waals surface area contributed by atoms with Crippen molar-refractivity contribution in [1.29, 1.82) is 0 Å². The van der Waals surface area contributed by atoms with Crippen molar-refractivity contribution in [2.45, 2.75) is 20.3 Å². The number of rotatable bonds is 4. The summed E-state index contributed by atoms with van der Waals surface area (Å²) in [6.45, 7) is 3.92. The SMILES string of the molecule is CC(C)CC(=O)NN=Cc1ccc(F)cc1. The van der Waals surface area contributed by atoms with Gasteiger partial charge in [0.2, 0.25) is 5.91 Å². The maximum atomic E-state index is 12.6. The maximum absolute atomic E-state index is 12.6. The molecule has 0 aliphatic carbocycles. The first-order valence-corrected chi connectivity index (χ1v) is 5.15. The second-order valence-electron chi connectivity index (χ2n) is 3.94. The minimum absolute atomic E-state index is 0.117. The zero-order chi connectivity index (χ0) is 12.0. The van der Waals surface area contributed by atoms with Gasteiger partial charge in [0.15, 0.2) is 0 Å². The zero-order valence-electron chi connectivity index (χ0n) is 9.40. The van der Waals surface area contributed by atoms with Gasteiger partial charge in [-0.05, 0) is 23.6 Å². The van der Waals surface area contributed by atoms with Crippen molar-refractivity contribution >= 4 is 12.1 Å². The maximum Gasteiger partial charge on any atom is 0.240 e. The number of hydrazone groups is 1. The number of nitrogens with zero attached hydrogens (tertiary/aromatic N) is 1. The molecule has 0 heterocycles. The van der Waals surface area contributed by atoms with Crippen LogP contribution in [0.4, 0.5) is 4.39 Å². The van der Waals surface area contributed by atoms with E-state index in [4.69, 9.17) is 0 Å². The van der Waals surface area contributed by atoms with E-state index in [0.29, 0.717) is 12.3 Å². The van der Waals surface area contributed by atoms with Crippen LogP contribution in [-0.4, -0.2) is 12.1 Å². The molecule has 1 rings (SSSR count). The lowest BCUT2D eigenvalue weighted by molar-refractivity contribution is -0.121. The number of carbonyl (C=O) groups excluding carboxylic acids is 1. The molecule has 0 aliphatic rings. The Hall–Kier alpha value is -1.71. The Morgan fingerprint density at radius 1 is 1.44 bits per heavy atom. The molecule has 0 fully saturated rings. The number of nitrogens with one attached hydrogen (secondary N) is 1. The van der Waals surface area contributed by atoms with Crippen LogP contribution in [0.15, 0.2) is 29.4 Å². The molecule has 1 amide bonds. The normalized spacial score (nSPS) is 11.0. The van der Waals surface area contributed by atoms with Crippen LogP contribution in [0.3, 0.4) is 0 Å². The highest BCUT2D eigenvalue weighted by Crippen LogP contribution is 2.00. The van der Waals surface area contributed by atoms with Crippen LogP contribution in [-0.2, 0) is 4.79 Å². The monoisotopic (exact) mass is 222 g/mol. The van der Waals surface area contributed by atoms with Crippen LogP contribution in [0.5, 0.6) is 0 Å². The number of hydrogen-bond acceptors (Lipinski definition) is 2. The van der Waals surface area contributed by atoms with Crippen LogP contribution >= 0.6 is 0 Å². The van der Waals surface area contributed by atoms with E-state index in [1.54, 1.807) is 12.1 Å². The summed E-state index contributed by atoms with van der Waals surface area (Å²) in [4.78, 5) is 11.2. The molecule has 4 heteroatoms. The quantitative estimate of drug-likeness (QED) is 0.616. The van der Waals surface area contributed by atoms with Crippen molar-refractivity contribution in [1.82, 2.24) is 5.43 Å². The lowest BCUT2D eigenvalue weighted by atomic mass is 10.1. The lowest BCUT2D eigenvalue weighted by Crippen LogP contribution is -2.19. The zero-order valence-corrected chi connectivity index (χ0v) is 9.40. The molecule has 0 unspecified atom stereocenters. The Bertz CT molecular complexity index is 371. The average Bonchev–Trinajstić information content (AvgIpc) is 2.20. The first kappa shape index (κ1) is 12.4. The Morgan fingerprint density at radius 3 is 2.62 bits per heavy atom. The fourth-order valence-corrected chi connectivity index (χ4v) is 1.14. The molecule has 0 spiro atoms. The molecule has 0 saturated heterocycles. The predicted molar refractivity (Wildman–Crippen MR) is 61.6 cm³/mol. The van der Waals surface area contributed by atoms with E-state index in [-0.39, 0.29) is 11.7 Å². The molecule has 86 valence electrons. The topological polar surface area (TPSA) is 41.5 Å².